The Morgan fingerprint density at radius 2 is 2.13 bits per heavy atom. The molecule has 0 atom stereocenters. The van der Waals surface area contributed by atoms with Crippen molar-refractivity contribution in [2.75, 3.05) is 11.9 Å². The standard InChI is InChI=1S/C18H18N2O2S/c1-11-12(2)23-18(16(11)9-19)20-17(21)10-22-15-7-6-13-4-3-5-14(13)8-15/h6-8H,3-5,10H2,1-2H3,(H,20,21). The van der Waals surface area contributed by atoms with E-state index in [1.165, 1.54) is 28.9 Å². The lowest BCUT2D eigenvalue weighted by Gasteiger charge is -2.08. The highest BCUT2D eigenvalue weighted by Crippen LogP contribution is 2.31. The normalized spacial score (nSPS) is 12.6. The van der Waals surface area contributed by atoms with Crippen molar-refractivity contribution >= 4 is 22.2 Å². The molecule has 0 fully saturated rings. The molecule has 5 heteroatoms. The Bertz CT molecular complexity index is 802. The number of hydrogen-bond acceptors (Lipinski definition) is 4. The van der Waals surface area contributed by atoms with Gasteiger partial charge in [0.05, 0.1) is 5.56 Å². The molecule has 23 heavy (non-hydrogen) atoms. The van der Waals surface area contributed by atoms with Crippen molar-refractivity contribution in [3.63, 3.8) is 0 Å². The van der Waals surface area contributed by atoms with Crippen LogP contribution in [0.3, 0.4) is 0 Å². The first-order valence-corrected chi connectivity index (χ1v) is 8.44. The summed E-state index contributed by atoms with van der Waals surface area (Å²) in [5.41, 5.74) is 4.16. The fraction of sp³-hybridized carbons (Fsp3) is 0.333. The van der Waals surface area contributed by atoms with Crippen LogP contribution in [0.2, 0.25) is 0 Å². The van der Waals surface area contributed by atoms with Crippen molar-refractivity contribution in [3.05, 3.63) is 45.3 Å². The van der Waals surface area contributed by atoms with E-state index in [1.807, 2.05) is 26.0 Å². The second-order valence-corrected chi connectivity index (χ2v) is 6.94. The average Bonchev–Trinajstić information content (AvgIpc) is 3.10. The summed E-state index contributed by atoms with van der Waals surface area (Å²) in [5, 5.41) is 12.6. The zero-order chi connectivity index (χ0) is 16.4. The third-order valence-electron chi connectivity index (χ3n) is 4.19. The van der Waals surface area contributed by atoms with Crippen LogP contribution in [0.1, 0.15) is 33.6 Å². The van der Waals surface area contributed by atoms with Crippen LogP contribution in [0.15, 0.2) is 18.2 Å². The van der Waals surface area contributed by atoms with Crippen LogP contribution in [0, 0.1) is 25.2 Å². The van der Waals surface area contributed by atoms with Gasteiger partial charge in [0, 0.05) is 4.88 Å². The Morgan fingerprint density at radius 3 is 2.91 bits per heavy atom. The van der Waals surface area contributed by atoms with Gasteiger partial charge in [0.25, 0.3) is 5.91 Å². The number of carbonyl (C=O) groups is 1. The number of amides is 1. The molecular weight excluding hydrogens is 308 g/mol. The number of carbonyl (C=O) groups excluding carboxylic acids is 1. The van der Waals surface area contributed by atoms with Crippen molar-refractivity contribution in [1.82, 2.24) is 0 Å². The van der Waals surface area contributed by atoms with Crippen LogP contribution < -0.4 is 10.1 Å². The lowest BCUT2D eigenvalue weighted by atomic mass is 10.1. The van der Waals surface area contributed by atoms with E-state index in [0.29, 0.717) is 10.6 Å². The zero-order valence-corrected chi connectivity index (χ0v) is 14.0. The lowest BCUT2D eigenvalue weighted by molar-refractivity contribution is -0.118. The van der Waals surface area contributed by atoms with Gasteiger partial charge in [-0.05, 0) is 61.9 Å². The van der Waals surface area contributed by atoms with E-state index in [9.17, 15) is 10.1 Å². The number of thiophene rings is 1. The van der Waals surface area contributed by atoms with Gasteiger partial charge >= 0.3 is 0 Å². The molecule has 1 heterocycles. The number of fused-ring (bicyclic) bond motifs is 1. The Hall–Kier alpha value is -2.32. The van der Waals surface area contributed by atoms with Gasteiger partial charge in [-0.3, -0.25) is 4.79 Å². The lowest BCUT2D eigenvalue weighted by Crippen LogP contribution is -2.20. The summed E-state index contributed by atoms with van der Waals surface area (Å²) in [7, 11) is 0. The summed E-state index contributed by atoms with van der Waals surface area (Å²) in [6.45, 7) is 3.78. The highest BCUT2D eigenvalue weighted by atomic mass is 32.1. The number of hydrogen-bond donors (Lipinski definition) is 1. The van der Waals surface area contributed by atoms with Crippen molar-refractivity contribution in [1.29, 1.82) is 5.26 Å². The van der Waals surface area contributed by atoms with Gasteiger partial charge in [-0.2, -0.15) is 5.26 Å². The van der Waals surface area contributed by atoms with Crippen molar-refractivity contribution in [2.45, 2.75) is 33.1 Å². The van der Waals surface area contributed by atoms with Crippen molar-refractivity contribution in [3.8, 4) is 11.8 Å². The summed E-state index contributed by atoms with van der Waals surface area (Å²) in [4.78, 5) is 13.1. The number of benzene rings is 1. The number of ether oxygens (including phenoxy) is 1. The van der Waals surface area contributed by atoms with E-state index in [1.54, 1.807) is 0 Å². The second kappa shape index (κ2) is 6.43. The molecule has 1 aliphatic rings. The molecule has 0 aliphatic heterocycles. The van der Waals surface area contributed by atoms with Gasteiger partial charge in [0.1, 0.15) is 16.8 Å². The molecule has 0 unspecified atom stereocenters. The monoisotopic (exact) mass is 326 g/mol. The summed E-state index contributed by atoms with van der Waals surface area (Å²) in [6.07, 6.45) is 3.40. The molecule has 118 valence electrons. The largest absolute Gasteiger partial charge is 0.484 e. The minimum absolute atomic E-state index is 0.0559. The van der Waals surface area contributed by atoms with E-state index in [2.05, 4.69) is 17.5 Å². The number of nitrogens with one attached hydrogen (secondary N) is 1. The topological polar surface area (TPSA) is 62.1 Å². The first-order valence-electron chi connectivity index (χ1n) is 7.63. The summed E-state index contributed by atoms with van der Waals surface area (Å²) in [6, 6.07) is 8.16. The molecule has 1 aromatic heterocycles. The van der Waals surface area contributed by atoms with E-state index in [0.717, 1.165) is 29.0 Å². The van der Waals surface area contributed by atoms with Crippen LogP contribution in [0.4, 0.5) is 5.00 Å². The van der Waals surface area contributed by atoms with Gasteiger partial charge in [-0.25, -0.2) is 0 Å². The third-order valence-corrected chi connectivity index (χ3v) is 5.31. The quantitative estimate of drug-likeness (QED) is 0.931. The molecule has 1 amide bonds. The molecule has 1 aliphatic carbocycles. The molecule has 0 radical (unpaired) electrons. The fourth-order valence-corrected chi connectivity index (χ4v) is 3.83. The van der Waals surface area contributed by atoms with Gasteiger partial charge in [0.15, 0.2) is 6.61 Å². The first-order chi connectivity index (χ1) is 11.1. The van der Waals surface area contributed by atoms with Gasteiger partial charge < -0.3 is 10.1 Å². The fourth-order valence-electron chi connectivity index (χ4n) is 2.80. The smallest absolute Gasteiger partial charge is 0.262 e. The number of aryl methyl sites for hydroxylation is 3. The predicted octanol–water partition coefficient (Wildman–Crippen LogP) is 3.74. The molecule has 4 nitrogen and oxygen atoms in total. The van der Waals surface area contributed by atoms with Gasteiger partial charge in [-0.15, -0.1) is 11.3 Å². The first kappa shape index (κ1) is 15.6. The summed E-state index contributed by atoms with van der Waals surface area (Å²) < 4.78 is 5.59. The van der Waals surface area contributed by atoms with Crippen molar-refractivity contribution < 1.29 is 9.53 Å². The molecule has 0 saturated carbocycles. The zero-order valence-electron chi connectivity index (χ0n) is 13.2. The van der Waals surface area contributed by atoms with E-state index in [-0.39, 0.29) is 12.5 Å². The maximum Gasteiger partial charge on any atom is 0.262 e. The molecule has 0 bridgehead atoms. The molecular formula is C18H18N2O2S. The van der Waals surface area contributed by atoms with Crippen LogP contribution in [-0.2, 0) is 17.6 Å². The number of nitriles is 1. The van der Waals surface area contributed by atoms with E-state index in [4.69, 9.17) is 4.74 Å². The maximum atomic E-state index is 12.1. The molecule has 1 N–H and O–H groups in total. The number of rotatable bonds is 4. The predicted molar refractivity (Wildman–Crippen MR) is 91.1 cm³/mol. The van der Waals surface area contributed by atoms with Crippen LogP contribution >= 0.6 is 11.3 Å². The average molecular weight is 326 g/mol. The SMILES string of the molecule is Cc1sc(NC(=O)COc2ccc3c(c2)CCC3)c(C#N)c1C. The molecule has 2 aromatic rings. The van der Waals surface area contributed by atoms with Gasteiger partial charge in [-0.1, -0.05) is 6.07 Å². The van der Waals surface area contributed by atoms with Crippen molar-refractivity contribution in [2.24, 2.45) is 0 Å². The van der Waals surface area contributed by atoms with Crippen LogP contribution in [0.5, 0.6) is 5.75 Å². The maximum absolute atomic E-state index is 12.1. The molecule has 0 spiro atoms. The van der Waals surface area contributed by atoms with E-state index >= 15 is 0 Å². The minimum Gasteiger partial charge on any atom is -0.484 e. The Morgan fingerprint density at radius 1 is 1.35 bits per heavy atom. The highest BCUT2D eigenvalue weighted by Gasteiger charge is 2.15. The summed E-state index contributed by atoms with van der Waals surface area (Å²) >= 11 is 1.42. The molecule has 0 saturated heterocycles. The number of anilines is 1. The molecule has 3 rings (SSSR count). The van der Waals surface area contributed by atoms with Crippen LogP contribution in [0.25, 0.3) is 0 Å². The van der Waals surface area contributed by atoms with Gasteiger partial charge in [0.2, 0.25) is 0 Å². The second-order valence-electron chi connectivity index (χ2n) is 5.72. The van der Waals surface area contributed by atoms with E-state index < -0.39 is 0 Å². The highest BCUT2D eigenvalue weighted by molar-refractivity contribution is 7.16. The Kier molecular flexibility index (Phi) is 4.35. The third kappa shape index (κ3) is 3.22. The molecule has 1 aromatic carbocycles. The minimum atomic E-state index is -0.247. The summed E-state index contributed by atoms with van der Waals surface area (Å²) in [5.74, 6) is 0.475. The number of nitrogens with zero attached hydrogens (tertiary/aromatic N) is 1. The van der Waals surface area contributed by atoms with Crippen LogP contribution in [-0.4, -0.2) is 12.5 Å². The Labute approximate surface area is 139 Å². The Balaban J connectivity index is 1.62.